The molecule has 0 spiro atoms. The fraction of sp³-hybridized carbons (Fsp3) is 0.583. The van der Waals surface area contributed by atoms with E-state index in [9.17, 15) is 5.11 Å². The van der Waals surface area contributed by atoms with Gasteiger partial charge in [-0.3, -0.25) is 14.6 Å². The molecular weight excluding hydrogens is 388 g/mol. The van der Waals surface area contributed by atoms with Crippen molar-refractivity contribution in [1.29, 1.82) is 0 Å². The lowest BCUT2D eigenvalue weighted by atomic mass is 10.00. The molecule has 0 radical (unpaired) electrons. The molecule has 0 saturated heterocycles. The van der Waals surface area contributed by atoms with E-state index in [0.29, 0.717) is 19.0 Å². The van der Waals surface area contributed by atoms with Crippen LogP contribution < -0.4 is 5.32 Å². The molecule has 3 rings (SSSR count). The van der Waals surface area contributed by atoms with E-state index in [-0.39, 0.29) is 0 Å². The number of nitrogens with one attached hydrogen (secondary N) is 1. The Bertz CT molecular complexity index is 875. The van der Waals surface area contributed by atoms with Gasteiger partial charge in [-0.15, -0.1) is 0 Å². The molecule has 1 unspecified atom stereocenters. The highest BCUT2D eigenvalue weighted by Gasteiger charge is 2.19. The summed E-state index contributed by atoms with van der Waals surface area (Å²) in [5, 5.41) is 18.6. The zero-order chi connectivity index (χ0) is 22.4. The van der Waals surface area contributed by atoms with Crippen LogP contribution in [0.4, 0.5) is 0 Å². The Balaban J connectivity index is 1.58. The fourth-order valence-corrected chi connectivity index (χ4v) is 4.22. The molecule has 1 aliphatic rings. The van der Waals surface area contributed by atoms with Crippen molar-refractivity contribution in [3.8, 4) is 0 Å². The van der Waals surface area contributed by atoms with Crippen molar-refractivity contribution in [3.63, 3.8) is 0 Å². The molecule has 7 nitrogen and oxygen atoms in total. The normalized spacial score (nSPS) is 15.8. The van der Waals surface area contributed by atoms with Gasteiger partial charge in [0.1, 0.15) is 0 Å². The number of rotatable bonds is 8. The van der Waals surface area contributed by atoms with Crippen molar-refractivity contribution >= 4 is 5.96 Å². The van der Waals surface area contributed by atoms with E-state index >= 15 is 0 Å². The van der Waals surface area contributed by atoms with Crippen LogP contribution in [0.2, 0.25) is 0 Å². The standard InChI is InChI=1S/C24H38N6O/c1-6-25-24(28(4)14-21-15-29(5)27-23(21)18(2)3)26-13-22(31)17-30-12-11-19-9-7-8-10-20(19)16-30/h7-10,15,18,22,31H,6,11-14,16-17H2,1-5H3,(H,25,26). The van der Waals surface area contributed by atoms with Crippen LogP contribution in [0, 0.1) is 0 Å². The van der Waals surface area contributed by atoms with E-state index in [1.54, 1.807) is 0 Å². The third-order valence-electron chi connectivity index (χ3n) is 5.72. The lowest BCUT2D eigenvalue weighted by molar-refractivity contribution is 0.111. The van der Waals surface area contributed by atoms with Gasteiger partial charge in [-0.25, -0.2) is 0 Å². The molecule has 1 aromatic heterocycles. The Morgan fingerprint density at radius 2 is 2.03 bits per heavy atom. The summed E-state index contributed by atoms with van der Waals surface area (Å²) < 4.78 is 1.88. The van der Waals surface area contributed by atoms with Gasteiger partial charge in [-0.05, 0) is 30.4 Å². The molecule has 1 aromatic carbocycles. The predicted octanol–water partition coefficient (Wildman–Crippen LogP) is 2.36. The molecule has 0 fully saturated rings. The van der Waals surface area contributed by atoms with Gasteiger partial charge in [0.25, 0.3) is 0 Å². The molecule has 170 valence electrons. The van der Waals surface area contributed by atoms with Gasteiger partial charge in [0.05, 0.1) is 18.3 Å². The monoisotopic (exact) mass is 426 g/mol. The van der Waals surface area contributed by atoms with Gasteiger partial charge < -0.3 is 15.3 Å². The predicted molar refractivity (Wildman–Crippen MR) is 126 cm³/mol. The molecule has 7 heteroatoms. The summed E-state index contributed by atoms with van der Waals surface area (Å²) in [6, 6.07) is 8.59. The molecule has 2 aromatic rings. The SMILES string of the molecule is CCNC(=NCC(O)CN1CCc2ccccc2C1)N(C)Cc1cn(C)nc1C(C)C. The molecule has 0 amide bonds. The van der Waals surface area contributed by atoms with Crippen molar-refractivity contribution in [3.05, 3.63) is 52.8 Å². The van der Waals surface area contributed by atoms with Crippen LogP contribution in [0.15, 0.2) is 35.5 Å². The number of aromatic nitrogens is 2. The second-order valence-corrected chi connectivity index (χ2v) is 8.83. The first-order valence-electron chi connectivity index (χ1n) is 11.4. The maximum Gasteiger partial charge on any atom is 0.194 e. The number of nitrogens with zero attached hydrogens (tertiary/aromatic N) is 5. The number of hydrogen-bond donors (Lipinski definition) is 2. The van der Waals surface area contributed by atoms with Gasteiger partial charge in [0.15, 0.2) is 5.96 Å². The van der Waals surface area contributed by atoms with E-state index in [1.165, 1.54) is 16.7 Å². The average Bonchev–Trinajstić information content (AvgIpc) is 3.11. The number of guanidine groups is 1. The highest BCUT2D eigenvalue weighted by molar-refractivity contribution is 5.79. The third-order valence-corrected chi connectivity index (χ3v) is 5.72. The average molecular weight is 427 g/mol. The van der Waals surface area contributed by atoms with Gasteiger partial charge >= 0.3 is 0 Å². The summed E-state index contributed by atoms with van der Waals surface area (Å²) in [4.78, 5) is 9.16. The zero-order valence-corrected chi connectivity index (χ0v) is 19.7. The number of aliphatic hydroxyl groups is 1. The highest BCUT2D eigenvalue weighted by atomic mass is 16.3. The summed E-state index contributed by atoms with van der Waals surface area (Å²) in [6.07, 6.45) is 2.64. The zero-order valence-electron chi connectivity index (χ0n) is 19.7. The molecule has 0 bridgehead atoms. The van der Waals surface area contributed by atoms with Gasteiger partial charge in [0, 0.05) is 58.6 Å². The van der Waals surface area contributed by atoms with Crippen LogP contribution in [-0.2, 0) is 26.6 Å². The number of hydrogen-bond acceptors (Lipinski definition) is 4. The third kappa shape index (κ3) is 6.31. The lowest BCUT2D eigenvalue weighted by Gasteiger charge is -2.30. The first kappa shape index (κ1) is 23.3. The minimum atomic E-state index is -0.489. The number of β-amino-alcohol motifs (C(OH)–C–C–N with tert-alkyl or cyclic N) is 1. The van der Waals surface area contributed by atoms with Gasteiger partial charge in [0.2, 0.25) is 0 Å². The van der Waals surface area contributed by atoms with Crippen LogP contribution in [0.3, 0.4) is 0 Å². The summed E-state index contributed by atoms with van der Waals surface area (Å²) in [5.41, 5.74) is 5.13. The minimum absolute atomic E-state index is 0.376. The Labute approximate surface area is 186 Å². The molecule has 1 atom stereocenters. The summed E-state index contributed by atoms with van der Waals surface area (Å²) in [5.74, 6) is 1.18. The van der Waals surface area contributed by atoms with Crippen molar-refractivity contribution in [2.45, 2.75) is 52.3 Å². The number of benzene rings is 1. The second kappa shape index (κ2) is 10.8. The Morgan fingerprint density at radius 1 is 1.29 bits per heavy atom. The van der Waals surface area contributed by atoms with Crippen LogP contribution in [0.1, 0.15) is 49.1 Å². The smallest absolute Gasteiger partial charge is 0.194 e. The van der Waals surface area contributed by atoms with Gasteiger partial charge in [-0.1, -0.05) is 38.1 Å². The highest BCUT2D eigenvalue weighted by Crippen LogP contribution is 2.19. The van der Waals surface area contributed by atoms with E-state index in [4.69, 9.17) is 4.99 Å². The maximum atomic E-state index is 10.6. The lowest BCUT2D eigenvalue weighted by Crippen LogP contribution is -2.41. The second-order valence-electron chi connectivity index (χ2n) is 8.83. The summed E-state index contributed by atoms with van der Waals surface area (Å²) in [6.45, 7) is 10.8. The molecular formula is C24H38N6O. The largest absolute Gasteiger partial charge is 0.390 e. The van der Waals surface area contributed by atoms with Crippen molar-refractivity contribution in [2.75, 3.05) is 33.2 Å². The Kier molecular flexibility index (Phi) is 8.09. The quantitative estimate of drug-likeness (QED) is 0.501. The summed E-state index contributed by atoms with van der Waals surface area (Å²) in [7, 11) is 4.00. The maximum absolute atomic E-state index is 10.6. The number of aliphatic hydroxyl groups excluding tert-OH is 1. The molecule has 31 heavy (non-hydrogen) atoms. The Hall–Kier alpha value is -2.38. The van der Waals surface area contributed by atoms with Gasteiger partial charge in [-0.2, -0.15) is 5.10 Å². The minimum Gasteiger partial charge on any atom is -0.390 e. The fourth-order valence-electron chi connectivity index (χ4n) is 4.22. The van der Waals surface area contributed by atoms with E-state index in [2.05, 4.69) is 71.4 Å². The molecule has 2 N–H and O–H groups in total. The van der Waals surface area contributed by atoms with Crippen molar-refractivity contribution in [1.82, 2.24) is 24.9 Å². The number of aliphatic imine (C=N–C) groups is 1. The Morgan fingerprint density at radius 3 is 2.74 bits per heavy atom. The topological polar surface area (TPSA) is 68.9 Å². The van der Waals surface area contributed by atoms with Crippen LogP contribution in [-0.4, -0.2) is 70.0 Å². The number of fused-ring (bicyclic) bond motifs is 1. The molecule has 0 saturated carbocycles. The van der Waals surface area contributed by atoms with Crippen molar-refractivity contribution in [2.24, 2.45) is 12.0 Å². The molecule has 1 aliphatic heterocycles. The first-order chi connectivity index (χ1) is 14.9. The van der Waals surface area contributed by atoms with Crippen molar-refractivity contribution < 1.29 is 5.11 Å². The first-order valence-corrected chi connectivity index (χ1v) is 11.4. The van der Waals surface area contributed by atoms with Crippen LogP contribution in [0.5, 0.6) is 0 Å². The summed E-state index contributed by atoms with van der Waals surface area (Å²) >= 11 is 0. The van der Waals surface area contributed by atoms with Crippen LogP contribution >= 0.6 is 0 Å². The molecule has 2 heterocycles. The van der Waals surface area contributed by atoms with E-state index < -0.39 is 6.10 Å². The van der Waals surface area contributed by atoms with E-state index in [0.717, 1.165) is 44.3 Å². The number of aryl methyl sites for hydroxylation is 1. The van der Waals surface area contributed by atoms with Crippen LogP contribution in [0.25, 0.3) is 0 Å². The van der Waals surface area contributed by atoms with E-state index in [1.807, 2.05) is 18.8 Å². The molecule has 0 aliphatic carbocycles.